The molecule has 0 aliphatic carbocycles. The first kappa shape index (κ1) is 17.2. The monoisotopic (exact) mass is 279 g/mol. The van der Waals surface area contributed by atoms with Gasteiger partial charge in [0.1, 0.15) is 0 Å². The number of hydrogen-bond donors (Lipinski definition) is 1. The number of rotatable bonds is 10. The molecule has 1 aromatic rings. The lowest BCUT2D eigenvalue weighted by atomic mass is 9.96. The summed E-state index contributed by atoms with van der Waals surface area (Å²) in [5, 5.41) is 8.40. The van der Waals surface area contributed by atoms with Gasteiger partial charge in [-0.05, 0) is 37.8 Å². The second kappa shape index (κ2) is 9.17. The Bertz CT molecular complexity index is 355. The van der Waals surface area contributed by atoms with Gasteiger partial charge in [-0.2, -0.15) is 5.10 Å². The van der Waals surface area contributed by atoms with Crippen LogP contribution in [0.5, 0.6) is 0 Å². The quantitative estimate of drug-likeness (QED) is 0.695. The second-order valence-corrected chi connectivity index (χ2v) is 5.97. The van der Waals surface area contributed by atoms with Gasteiger partial charge in [-0.25, -0.2) is 0 Å². The van der Waals surface area contributed by atoms with Crippen molar-refractivity contribution in [3.05, 3.63) is 18.0 Å². The molecule has 1 rings (SSSR count). The Kier molecular flexibility index (Phi) is 7.90. The van der Waals surface area contributed by atoms with Crippen LogP contribution >= 0.6 is 0 Å². The molecule has 0 aromatic carbocycles. The van der Waals surface area contributed by atoms with Gasteiger partial charge in [-0.15, -0.1) is 0 Å². The molecule has 0 radical (unpaired) electrons. The van der Waals surface area contributed by atoms with Crippen LogP contribution in [0.15, 0.2) is 12.3 Å². The SMILES string of the molecule is CCNC(Cc1ccn(C(CC)CC)n1)CC(C)CC. The van der Waals surface area contributed by atoms with E-state index in [0.717, 1.165) is 31.7 Å². The standard InChI is InChI=1S/C17H33N3/c1-6-14(5)12-16(18-9-4)13-15-10-11-20(19-15)17(7-2)8-3/h10-11,14,16-18H,6-9,12-13H2,1-5H3. The highest BCUT2D eigenvalue weighted by atomic mass is 15.3. The first-order valence-electron chi connectivity index (χ1n) is 8.41. The maximum Gasteiger partial charge on any atom is 0.0640 e. The van der Waals surface area contributed by atoms with Crippen LogP contribution in [0.1, 0.15) is 72.0 Å². The van der Waals surface area contributed by atoms with Crippen molar-refractivity contribution < 1.29 is 0 Å². The molecule has 1 aromatic heterocycles. The normalized spacial score (nSPS) is 14.7. The van der Waals surface area contributed by atoms with Crippen molar-refractivity contribution in [2.24, 2.45) is 5.92 Å². The molecular weight excluding hydrogens is 246 g/mol. The third kappa shape index (κ3) is 5.28. The third-order valence-corrected chi connectivity index (χ3v) is 4.31. The highest BCUT2D eigenvalue weighted by Gasteiger charge is 2.14. The number of likely N-dealkylation sites (N-methyl/N-ethyl adjacent to an activating group) is 1. The van der Waals surface area contributed by atoms with Gasteiger partial charge in [0.25, 0.3) is 0 Å². The average molecular weight is 279 g/mol. The lowest BCUT2D eigenvalue weighted by Gasteiger charge is -2.20. The van der Waals surface area contributed by atoms with Crippen molar-refractivity contribution in [1.82, 2.24) is 15.1 Å². The number of nitrogens with one attached hydrogen (secondary N) is 1. The van der Waals surface area contributed by atoms with Crippen molar-refractivity contribution in [2.45, 2.75) is 78.8 Å². The minimum absolute atomic E-state index is 0.552. The summed E-state index contributed by atoms with van der Waals surface area (Å²) in [7, 11) is 0. The number of nitrogens with zero attached hydrogens (tertiary/aromatic N) is 2. The molecule has 0 fully saturated rings. The van der Waals surface area contributed by atoms with E-state index in [0.29, 0.717) is 12.1 Å². The van der Waals surface area contributed by atoms with Gasteiger partial charge in [0, 0.05) is 18.7 Å². The van der Waals surface area contributed by atoms with Gasteiger partial charge in [0.15, 0.2) is 0 Å². The fourth-order valence-corrected chi connectivity index (χ4v) is 2.78. The third-order valence-electron chi connectivity index (χ3n) is 4.31. The summed E-state index contributed by atoms with van der Waals surface area (Å²) in [6, 6.07) is 3.30. The van der Waals surface area contributed by atoms with Gasteiger partial charge < -0.3 is 5.32 Å². The van der Waals surface area contributed by atoms with E-state index in [1.807, 2.05) is 0 Å². The fraction of sp³-hybridized carbons (Fsp3) is 0.824. The Morgan fingerprint density at radius 2 is 1.85 bits per heavy atom. The van der Waals surface area contributed by atoms with Crippen LogP contribution in [0.3, 0.4) is 0 Å². The lowest BCUT2D eigenvalue weighted by Crippen LogP contribution is -2.32. The molecule has 1 heterocycles. The van der Waals surface area contributed by atoms with E-state index < -0.39 is 0 Å². The first-order valence-corrected chi connectivity index (χ1v) is 8.41. The topological polar surface area (TPSA) is 29.9 Å². The zero-order valence-electron chi connectivity index (χ0n) is 14.0. The lowest BCUT2D eigenvalue weighted by molar-refractivity contribution is 0.388. The number of aromatic nitrogens is 2. The van der Waals surface area contributed by atoms with Crippen molar-refractivity contribution in [2.75, 3.05) is 6.54 Å². The Balaban J connectivity index is 2.64. The Morgan fingerprint density at radius 3 is 2.40 bits per heavy atom. The van der Waals surface area contributed by atoms with E-state index >= 15 is 0 Å². The summed E-state index contributed by atoms with van der Waals surface area (Å²) in [6.07, 6.45) is 8.00. The molecule has 0 bridgehead atoms. The molecule has 20 heavy (non-hydrogen) atoms. The molecule has 116 valence electrons. The molecule has 0 saturated carbocycles. The largest absolute Gasteiger partial charge is 0.314 e. The summed E-state index contributed by atoms with van der Waals surface area (Å²) in [5.41, 5.74) is 1.23. The Hall–Kier alpha value is -0.830. The predicted octanol–water partition coefficient (Wildman–Crippen LogP) is 4.20. The van der Waals surface area contributed by atoms with E-state index in [9.17, 15) is 0 Å². The van der Waals surface area contributed by atoms with Gasteiger partial charge in [-0.3, -0.25) is 4.68 Å². The second-order valence-electron chi connectivity index (χ2n) is 5.97. The zero-order chi connectivity index (χ0) is 15.0. The van der Waals surface area contributed by atoms with Crippen LogP contribution in [0.2, 0.25) is 0 Å². The average Bonchev–Trinajstić information content (AvgIpc) is 2.88. The molecule has 3 nitrogen and oxygen atoms in total. The molecule has 0 aliphatic rings. The highest BCUT2D eigenvalue weighted by molar-refractivity contribution is 5.02. The highest BCUT2D eigenvalue weighted by Crippen LogP contribution is 2.17. The van der Waals surface area contributed by atoms with Crippen LogP contribution < -0.4 is 5.32 Å². The maximum absolute atomic E-state index is 4.78. The summed E-state index contributed by atoms with van der Waals surface area (Å²) < 4.78 is 2.15. The molecule has 0 amide bonds. The Morgan fingerprint density at radius 1 is 1.15 bits per heavy atom. The van der Waals surface area contributed by atoms with Gasteiger partial charge >= 0.3 is 0 Å². The van der Waals surface area contributed by atoms with Gasteiger partial charge in [-0.1, -0.05) is 41.0 Å². The summed E-state index contributed by atoms with van der Waals surface area (Å²) in [5.74, 6) is 0.778. The fourth-order valence-electron chi connectivity index (χ4n) is 2.78. The van der Waals surface area contributed by atoms with Crippen molar-refractivity contribution >= 4 is 0 Å². The van der Waals surface area contributed by atoms with E-state index in [2.05, 4.69) is 56.9 Å². The van der Waals surface area contributed by atoms with Crippen molar-refractivity contribution in [3.8, 4) is 0 Å². The molecular formula is C17H33N3. The van der Waals surface area contributed by atoms with E-state index in [4.69, 9.17) is 5.10 Å². The molecule has 1 N–H and O–H groups in total. The molecule has 2 unspecified atom stereocenters. The predicted molar refractivity (Wildman–Crippen MR) is 87.1 cm³/mol. The van der Waals surface area contributed by atoms with Crippen LogP contribution in [0, 0.1) is 5.92 Å². The zero-order valence-corrected chi connectivity index (χ0v) is 14.0. The van der Waals surface area contributed by atoms with Gasteiger partial charge in [0.2, 0.25) is 0 Å². The summed E-state index contributed by atoms with van der Waals surface area (Å²) in [4.78, 5) is 0. The smallest absolute Gasteiger partial charge is 0.0640 e. The summed E-state index contributed by atoms with van der Waals surface area (Å²) >= 11 is 0. The van der Waals surface area contributed by atoms with Crippen LogP contribution in [-0.4, -0.2) is 22.4 Å². The van der Waals surface area contributed by atoms with Crippen molar-refractivity contribution in [1.29, 1.82) is 0 Å². The minimum atomic E-state index is 0.552. The molecule has 3 heteroatoms. The van der Waals surface area contributed by atoms with E-state index in [1.165, 1.54) is 18.5 Å². The molecule has 0 spiro atoms. The van der Waals surface area contributed by atoms with Crippen LogP contribution in [-0.2, 0) is 6.42 Å². The van der Waals surface area contributed by atoms with E-state index in [-0.39, 0.29) is 0 Å². The molecule has 2 atom stereocenters. The van der Waals surface area contributed by atoms with Crippen LogP contribution in [0.25, 0.3) is 0 Å². The molecule has 0 saturated heterocycles. The molecule has 0 aliphatic heterocycles. The maximum atomic E-state index is 4.78. The van der Waals surface area contributed by atoms with E-state index in [1.54, 1.807) is 0 Å². The van der Waals surface area contributed by atoms with Crippen molar-refractivity contribution in [3.63, 3.8) is 0 Å². The van der Waals surface area contributed by atoms with Gasteiger partial charge in [0.05, 0.1) is 11.7 Å². The summed E-state index contributed by atoms with van der Waals surface area (Å²) in [6.45, 7) is 12.3. The minimum Gasteiger partial charge on any atom is -0.314 e. The number of hydrogen-bond acceptors (Lipinski definition) is 2. The first-order chi connectivity index (χ1) is 9.64. The van der Waals surface area contributed by atoms with Crippen LogP contribution in [0.4, 0.5) is 0 Å². The Labute approximate surface area is 125 Å².